The number of carbonyl (C=O) groups is 2. The first kappa shape index (κ1) is 23.3. The van der Waals surface area contributed by atoms with Crippen LogP contribution < -0.4 is 10.1 Å². The van der Waals surface area contributed by atoms with Crippen molar-refractivity contribution in [2.75, 3.05) is 25.3 Å². The Balaban J connectivity index is 1.50. The lowest BCUT2D eigenvalue weighted by Crippen LogP contribution is -2.17. The molecule has 1 N–H and O–H groups in total. The zero-order valence-electron chi connectivity index (χ0n) is 18.8. The summed E-state index contributed by atoms with van der Waals surface area (Å²) in [5.41, 5.74) is 2.37. The second-order valence-corrected chi connectivity index (χ2v) is 9.54. The first-order valence-corrected chi connectivity index (χ1v) is 12.6. The average Bonchev–Trinajstić information content (AvgIpc) is 3.42. The number of benzene rings is 1. The van der Waals surface area contributed by atoms with Gasteiger partial charge >= 0.3 is 5.97 Å². The van der Waals surface area contributed by atoms with Gasteiger partial charge in [0.25, 0.3) is 0 Å². The van der Waals surface area contributed by atoms with Crippen LogP contribution in [0.25, 0.3) is 11.4 Å². The minimum atomic E-state index is -0.399. The molecule has 174 valence electrons. The molecule has 1 aliphatic rings. The van der Waals surface area contributed by atoms with Gasteiger partial charge in [0.2, 0.25) is 5.91 Å². The summed E-state index contributed by atoms with van der Waals surface area (Å²) in [7, 11) is 2.99. The third-order valence-electron chi connectivity index (χ3n) is 5.53. The maximum atomic E-state index is 12.8. The molecule has 2 heterocycles. The fourth-order valence-corrected chi connectivity index (χ4v) is 6.07. The van der Waals surface area contributed by atoms with Gasteiger partial charge in [0, 0.05) is 11.4 Å². The van der Waals surface area contributed by atoms with Crippen LogP contribution in [-0.4, -0.2) is 46.6 Å². The van der Waals surface area contributed by atoms with Crippen molar-refractivity contribution in [3.8, 4) is 17.1 Å². The van der Waals surface area contributed by atoms with Crippen molar-refractivity contribution in [1.82, 2.24) is 14.8 Å². The molecule has 0 spiro atoms. The van der Waals surface area contributed by atoms with E-state index >= 15 is 0 Å². The van der Waals surface area contributed by atoms with E-state index in [9.17, 15) is 9.59 Å². The van der Waals surface area contributed by atoms with Crippen LogP contribution in [0, 0.1) is 0 Å². The Bertz CT molecular complexity index is 1170. The zero-order chi connectivity index (χ0) is 23.4. The zero-order valence-corrected chi connectivity index (χ0v) is 20.5. The molecule has 3 aromatic rings. The molecule has 0 saturated heterocycles. The van der Waals surface area contributed by atoms with E-state index in [4.69, 9.17) is 9.47 Å². The van der Waals surface area contributed by atoms with Crippen molar-refractivity contribution in [1.29, 1.82) is 0 Å². The van der Waals surface area contributed by atoms with Gasteiger partial charge in [0.1, 0.15) is 10.8 Å². The summed E-state index contributed by atoms with van der Waals surface area (Å²) >= 11 is 2.79. The molecule has 1 aromatic carbocycles. The predicted octanol–water partition coefficient (Wildman–Crippen LogP) is 4.43. The lowest BCUT2D eigenvalue weighted by atomic mass is 9.95. The molecule has 0 unspecified atom stereocenters. The largest absolute Gasteiger partial charge is 0.496 e. The number of nitrogens with one attached hydrogen (secondary N) is 1. The van der Waals surface area contributed by atoms with E-state index in [0.29, 0.717) is 33.8 Å². The predicted molar refractivity (Wildman–Crippen MR) is 129 cm³/mol. The van der Waals surface area contributed by atoms with Gasteiger partial charge in [0.15, 0.2) is 11.0 Å². The van der Waals surface area contributed by atoms with E-state index in [1.165, 1.54) is 30.2 Å². The van der Waals surface area contributed by atoms with Crippen LogP contribution in [0.15, 0.2) is 29.4 Å². The highest BCUT2D eigenvalue weighted by Crippen LogP contribution is 2.38. The van der Waals surface area contributed by atoms with Crippen LogP contribution in [0.3, 0.4) is 0 Å². The Morgan fingerprint density at radius 2 is 1.97 bits per heavy atom. The maximum absolute atomic E-state index is 12.8. The van der Waals surface area contributed by atoms with E-state index < -0.39 is 5.97 Å². The number of amides is 1. The van der Waals surface area contributed by atoms with E-state index in [1.54, 1.807) is 7.11 Å². The number of aryl methyl sites for hydroxylation is 1. The monoisotopic (exact) mass is 486 g/mol. The van der Waals surface area contributed by atoms with Crippen LogP contribution in [0.2, 0.25) is 0 Å². The van der Waals surface area contributed by atoms with Gasteiger partial charge in [-0.3, -0.25) is 4.79 Å². The summed E-state index contributed by atoms with van der Waals surface area (Å²) in [6, 6.07) is 7.64. The van der Waals surface area contributed by atoms with Gasteiger partial charge in [0.05, 0.1) is 31.1 Å². The van der Waals surface area contributed by atoms with Crippen LogP contribution in [0.1, 0.15) is 40.6 Å². The van der Waals surface area contributed by atoms with Crippen molar-refractivity contribution >= 4 is 40.0 Å². The van der Waals surface area contributed by atoms with Crippen molar-refractivity contribution in [3.63, 3.8) is 0 Å². The molecule has 0 fully saturated rings. The third-order valence-corrected chi connectivity index (χ3v) is 7.70. The summed E-state index contributed by atoms with van der Waals surface area (Å²) in [5, 5.41) is 12.8. The van der Waals surface area contributed by atoms with Gasteiger partial charge in [-0.15, -0.1) is 21.5 Å². The number of rotatable bonds is 8. The number of methoxy groups -OCH3 is 2. The Hall–Kier alpha value is -2.85. The van der Waals surface area contributed by atoms with Gasteiger partial charge in [-0.05, 0) is 50.3 Å². The molecule has 0 aliphatic heterocycles. The number of para-hydroxylation sites is 1. The van der Waals surface area contributed by atoms with E-state index in [0.717, 1.165) is 41.7 Å². The van der Waals surface area contributed by atoms with Crippen molar-refractivity contribution < 1.29 is 19.1 Å². The van der Waals surface area contributed by atoms with Crippen molar-refractivity contribution in [3.05, 3.63) is 40.3 Å². The first-order chi connectivity index (χ1) is 16.1. The summed E-state index contributed by atoms with van der Waals surface area (Å²) < 4.78 is 12.4. The number of hydrogen-bond acceptors (Lipinski definition) is 8. The molecular formula is C23H26N4O4S2. The minimum Gasteiger partial charge on any atom is -0.496 e. The quantitative estimate of drug-likeness (QED) is 0.372. The second kappa shape index (κ2) is 10.4. The summed E-state index contributed by atoms with van der Waals surface area (Å²) in [6.07, 6.45) is 3.91. The fourth-order valence-electron chi connectivity index (χ4n) is 3.97. The topological polar surface area (TPSA) is 95.3 Å². The summed E-state index contributed by atoms with van der Waals surface area (Å²) in [4.78, 5) is 26.3. The van der Waals surface area contributed by atoms with E-state index in [2.05, 4.69) is 15.5 Å². The summed E-state index contributed by atoms with van der Waals surface area (Å²) in [6.45, 7) is 2.65. The summed E-state index contributed by atoms with van der Waals surface area (Å²) in [5.74, 6) is 0.952. The van der Waals surface area contributed by atoms with Crippen molar-refractivity contribution in [2.24, 2.45) is 0 Å². The van der Waals surface area contributed by atoms with E-state index in [1.807, 2.05) is 35.8 Å². The normalized spacial score (nSPS) is 12.8. The number of hydrogen-bond donors (Lipinski definition) is 1. The second-order valence-electron chi connectivity index (χ2n) is 7.49. The number of carbonyl (C=O) groups excluding carboxylic acids is 2. The highest BCUT2D eigenvalue weighted by atomic mass is 32.2. The third kappa shape index (κ3) is 4.77. The molecule has 1 amide bonds. The molecule has 0 saturated carbocycles. The number of nitrogens with zero attached hydrogens (tertiary/aromatic N) is 3. The van der Waals surface area contributed by atoms with Crippen molar-refractivity contribution in [2.45, 2.75) is 44.3 Å². The molecule has 2 aromatic heterocycles. The number of esters is 1. The highest BCUT2D eigenvalue weighted by molar-refractivity contribution is 7.99. The molecule has 4 rings (SSSR count). The van der Waals surface area contributed by atoms with Crippen LogP contribution in [0.5, 0.6) is 5.75 Å². The van der Waals surface area contributed by atoms with Crippen LogP contribution in [-0.2, 0) is 28.9 Å². The Labute approximate surface area is 200 Å². The molecule has 0 atom stereocenters. The van der Waals surface area contributed by atoms with Crippen LogP contribution in [0.4, 0.5) is 5.00 Å². The number of thioether (sulfide) groups is 1. The maximum Gasteiger partial charge on any atom is 0.341 e. The Morgan fingerprint density at radius 1 is 1.18 bits per heavy atom. The molecule has 0 bridgehead atoms. The molecular weight excluding hydrogens is 460 g/mol. The molecule has 33 heavy (non-hydrogen) atoms. The van der Waals surface area contributed by atoms with Gasteiger partial charge in [-0.1, -0.05) is 23.9 Å². The van der Waals surface area contributed by atoms with Gasteiger partial charge in [-0.2, -0.15) is 0 Å². The Kier molecular flexibility index (Phi) is 7.34. The van der Waals surface area contributed by atoms with Gasteiger partial charge in [-0.25, -0.2) is 4.79 Å². The lowest BCUT2D eigenvalue weighted by molar-refractivity contribution is -0.113. The van der Waals surface area contributed by atoms with E-state index in [-0.39, 0.29) is 11.7 Å². The lowest BCUT2D eigenvalue weighted by Gasteiger charge is -2.12. The number of thiophene rings is 1. The molecule has 8 nitrogen and oxygen atoms in total. The molecule has 1 aliphatic carbocycles. The Morgan fingerprint density at radius 3 is 2.73 bits per heavy atom. The minimum absolute atomic E-state index is 0.146. The average molecular weight is 487 g/mol. The van der Waals surface area contributed by atoms with Crippen LogP contribution >= 0.6 is 23.1 Å². The SMILES string of the molecule is CCn1c(SCC(=O)Nc2sc3c(c2C(=O)OC)CCCC3)nnc1-c1ccccc1OC. The standard InChI is InChI=1S/C23H26N4O4S2/c1-4-27-20(14-9-5-7-11-16(14)30-2)25-26-23(27)32-13-18(28)24-21-19(22(29)31-3)15-10-6-8-12-17(15)33-21/h5,7,9,11H,4,6,8,10,12-13H2,1-3H3,(H,24,28). The smallest absolute Gasteiger partial charge is 0.341 e. The number of fused-ring (bicyclic) bond motifs is 1. The number of anilines is 1. The first-order valence-electron chi connectivity index (χ1n) is 10.8. The van der Waals surface area contributed by atoms with Gasteiger partial charge < -0.3 is 19.4 Å². The number of aromatic nitrogens is 3. The highest BCUT2D eigenvalue weighted by Gasteiger charge is 2.27. The molecule has 0 radical (unpaired) electrons. The molecule has 10 heteroatoms. The fraction of sp³-hybridized carbons (Fsp3) is 0.391. The number of ether oxygens (including phenoxy) is 2.